The minimum atomic E-state index is -0.982. The van der Waals surface area contributed by atoms with Gasteiger partial charge in [-0.3, -0.25) is 4.79 Å². The number of fused-ring (bicyclic) bond motifs is 3. The highest BCUT2D eigenvalue weighted by Gasteiger charge is 2.23. The molecule has 160 valence electrons. The summed E-state index contributed by atoms with van der Waals surface area (Å²) < 4.78 is 26.6. The average Bonchev–Trinajstić information content (AvgIpc) is 2.70. The van der Waals surface area contributed by atoms with E-state index in [-0.39, 0.29) is 24.0 Å². The number of benzene rings is 2. The van der Waals surface area contributed by atoms with Gasteiger partial charge in [0.2, 0.25) is 5.91 Å². The molecule has 1 amide bonds. The molecule has 3 aromatic rings. The van der Waals surface area contributed by atoms with Crippen molar-refractivity contribution >= 4 is 11.7 Å². The molecule has 5 nitrogen and oxygen atoms in total. The molecule has 0 bridgehead atoms. The lowest BCUT2D eigenvalue weighted by atomic mass is 9.91. The molecule has 1 heterocycles. The first-order valence-corrected chi connectivity index (χ1v) is 10.3. The van der Waals surface area contributed by atoms with Crippen LogP contribution < -0.4 is 5.32 Å². The van der Waals surface area contributed by atoms with Crippen molar-refractivity contribution in [2.45, 2.75) is 39.5 Å². The number of hydrogen-bond acceptors (Lipinski definition) is 4. The van der Waals surface area contributed by atoms with E-state index in [0.717, 1.165) is 41.1 Å². The van der Waals surface area contributed by atoms with Crippen molar-refractivity contribution < 1.29 is 18.7 Å². The monoisotopic (exact) mass is 423 g/mol. The van der Waals surface area contributed by atoms with Crippen LogP contribution in [0.3, 0.4) is 0 Å². The summed E-state index contributed by atoms with van der Waals surface area (Å²) in [6, 6.07) is 8.65. The van der Waals surface area contributed by atoms with Crippen LogP contribution in [0.5, 0.6) is 5.75 Å². The summed E-state index contributed by atoms with van der Waals surface area (Å²) in [5.74, 6) is -1.38. The molecule has 4 rings (SSSR count). The summed E-state index contributed by atoms with van der Waals surface area (Å²) in [5.41, 5.74) is 4.57. The topological polar surface area (TPSA) is 75.1 Å². The Kier molecular flexibility index (Phi) is 5.67. The molecule has 0 atom stereocenters. The molecule has 2 aromatic carbocycles. The number of aromatic hydroxyl groups is 1. The lowest BCUT2D eigenvalue weighted by Crippen LogP contribution is -2.20. The number of nitrogens with zero attached hydrogens (tertiary/aromatic N) is 2. The van der Waals surface area contributed by atoms with Crippen LogP contribution in [0.4, 0.5) is 14.6 Å². The van der Waals surface area contributed by atoms with Gasteiger partial charge in [-0.25, -0.2) is 18.7 Å². The summed E-state index contributed by atoms with van der Waals surface area (Å²) >= 11 is 0. The molecule has 1 aliphatic carbocycles. The Morgan fingerprint density at radius 3 is 2.65 bits per heavy atom. The number of amides is 1. The largest absolute Gasteiger partial charge is 0.508 e. The second kappa shape index (κ2) is 8.41. The van der Waals surface area contributed by atoms with Gasteiger partial charge in [-0.05, 0) is 66.6 Å². The number of rotatable bonds is 5. The van der Waals surface area contributed by atoms with E-state index in [1.807, 2.05) is 6.07 Å². The van der Waals surface area contributed by atoms with Gasteiger partial charge in [0.15, 0.2) is 17.5 Å². The second-order valence-corrected chi connectivity index (χ2v) is 8.23. The lowest BCUT2D eigenvalue weighted by molar-refractivity contribution is -0.115. The zero-order valence-electron chi connectivity index (χ0n) is 17.4. The molecule has 0 aliphatic heterocycles. The predicted octanol–water partition coefficient (Wildman–Crippen LogP) is 4.61. The van der Waals surface area contributed by atoms with Crippen molar-refractivity contribution in [1.29, 1.82) is 0 Å². The summed E-state index contributed by atoms with van der Waals surface area (Å²) in [6.45, 7) is 4.11. The number of nitrogens with one attached hydrogen (secondary N) is 1. The van der Waals surface area contributed by atoms with Crippen molar-refractivity contribution in [3.05, 3.63) is 70.5 Å². The molecule has 0 saturated heterocycles. The molecule has 0 fully saturated rings. The van der Waals surface area contributed by atoms with Crippen LogP contribution in [0.15, 0.2) is 36.4 Å². The second-order valence-electron chi connectivity index (χ2n) is 8.23. The van der Waals surface area contributed by atoms with Gasteiger partial charge >= 0.3 is 0 Å². The van der Waals surface area contributed by atoms with E-state index in [4.69, 9.17) is 9.97 Å². The molecule has 2 N–H and O–H groups in total. The fourth-order valence-electron chi connectivity index (χ4n) is 3.81. The Labute approximate surface area is 179 Å². The number of aryl methyl sites for hydroxylation is 2. The Hall–Kier alpha value is -3.35. The predicted molar refractivity (Wildman–Crippen MR) is 114 cm³/mol. The van der Waals surface area contributed by atoms with Gasteiger partial charge in [0.1, 0.15) is 5.75 Å². The Bertz CT molecular complexity index is 1160. The quantitative estimate of drug-likeness (QED) is 0.629. The SMILES string of the molecule is CC(C)Cc1nc2c(nc1NC(=O)Cc1ccc(F)c(F)c1)CCc1cc(O)ccc1-2. The van der Waals surface area contributed by atoms with Gasteiger partial charge in [0.05, 0.1) is 23.5 Å². The van der Waals surface area contributed by atoms with Crippen LogP contribution in [-0.4, -0.2) is 21.0 Å². The van der Waals surface area contributed by atoms with E-state index in [1.54, 1.807) is 12.1 Å². The van der Waals surface area contributed by atoms with E-state index in [2.05, 4.69) is 19.2 Å². The fraction of sp³-hybridized carbons (Fsp3) is 0.292. The molecule has 0 saturated carbocycles. The highest BCUT2D eigenvalue weighted by atomic mass is 19.2. The molecule has 1 aliphatic rings. The zero-order valence-corrected chi connectivity index (χ0v) is 17.4. The number of anilines is 1. The first kappa shape index (κ1) is 20.9. The summed E-state index contributed by atoms with van der Waals surface area (Å²) in [5, 5.41) is 12.6. The van der Waals surface area contributed by atoms with E-state index in [9.17, 15) is 18.7 Å². The van der Waals surface area contributed by atoms with Crippen LogP contribution in [0.2, 0.25) is 0 Å². The number of halogens is 2. The van der Waals surface area contributed by atoms with Crippen LogP contribution in [-0.2, 0) is 30.5 Å². The van der Waals surface area contributed by atoms with Crippen molar-refractivity contribution in [2.75, 3.05) is 5.32 Å². The molecule has 31 heavy (non-hydrogen) atoms. The average molecular weight is 423 g/mol. The van der Waals surface area contributed by atoms with Crippen LogP contribution in [0.25, 0.3) is 11.3 Å². The molecule has 0 radical (unpaired) electrons. The molecule has 7 heteroatoms. The lowest BCUT2D eigenvalue weighted by Gasteiger charge is -2.21. The summed E-state index contributed by atoms with van der Waals surface area (Å²) in [4.78, 5) is 22.1. The summed E-state index contributed by atoms with van der Waals surface area (Å²) in [6.07, 6.45) is 1.89. The summed E-state index contributed by atoms with van der Waals surface area (Å²) in [7, 11) is 0. The maximum Gasteiger partial charge on any atom is 0.229 e. The first-order chi connectivity index (χ1) is 14.8. The number of carbonyl (C=O) groups excluding carboxylic acids is 1. The maximum absolute atomic E-state index is 13.5. The van der Waals surface area contributed by atoms with Crippen molar-refractivity contribution in [1.82, 2.24) is 9.97 Å². The standard InChI is InChI=1S/C24H23F2N3O2/c1-13(2)9-21-24(29-22(31)11-14-3-7-18(25)19(26)10-14)28-20-8-4-15-12-16(30)5-6-17(15)23(20)27-21/h3,5-7,10,12-13,30H,4,8-9,11H2,1-2H3,(H,28,29,31). The highest BCUT2D eigenvalue weighted by molar-refractivity contribution is 5.92. The smallest absolute Gasteiger partial charge is 0.229 e. The van der Waals surface area contributed by atoms with Crippen LogP contribution >= 0.6 is 0 Å². The first-order valence-electron chi connectivity index (χ1n) is 10.3. The minimum Gasteiger partial charge on any atom is -0.508 e. The fourth-order valence-corrected chi connectivity index (χ4v) is 3.81. The van der Waals surface area contributed by atoms with Gasteiger partial charge in [0, 0.05) is 5.56 Å². The molecular weight excluding hydrogens is 400 g/mol. The minimum absolute atomic E-state index is 0.0980. The third-order valence-corrected chi connectivity index (χ3v) is 5.22. The van der Waals surface area contributed by atoms with Gasteiger partial charge in [0.25, 0.3) is 0 Å². The molecule has 1 aromatic heterocycles. The Morgan fingerprint density at radius 2 is 1.90 bits per heavy atom. The molecule has 0 spiro atoms. The van der Waals surface area contributed by atoms with Gasteiger partial charge in [-0.2, -0.15) is 0 Å². The van der Waals surface area contributed by atoms with Crippen LogP contribution in [0.1, 0.15) is 36.4 Å². The van der Waals surface area contributed by atoms with Crippen LogP contribution in [0, 0.1) is 17.6 Å². The van der Waals surface area contributed by atoms with E-state index in [0.29, 0.717) is 29.9 Å². The zero-order chi connectivity index (χ0) is 22.1. The normalized spacial score (nSPS) is 12.4. The Morgan fingerprint density at radius 1 is 1.10 bits per heavy atom. The number of phenols is 1. The number of hydrogen-bond donors (Lipinski definition) is 2. The molecular formula is C24H23F2N3O2. The van der Waals surface area contributed by atoms with E-state index >= 15 is 0 Å². The Balaban J connectivity index is 1.65. The number of carbonyl (C=O) groups is 1. The van der Waals surface area contributed by atoms with Crippen molar-refractivity contribution in [3.63, 3.8) is 0 Å². The maximum atomic E-state index is 13.5. The molecule has 0 unspecified atom stereocenters. The third kappa shape index (κ3) is 4.55. The van der Waals surface area contributed by atoms with Crippen molar-refractivity contribution in [3.8, 4) is 17.0 Å². The third-order valence-electron chi connectivity index (χ3n) is 5.22. The highest BCUT2D eigenvalue weighted by Crippen LogP contribution is 2.35. The number of phenolic OH excluding ortho intramolecular Hbond substituents is 1. The van der Waals surface area contributed by atoms with Crippen molar-refractivity contribution in [2.24, 2.45) is 5.92 Å². The van der Waals surface area contributed by atoms with E-state index in [1.165, 1.54) is 6.07 Å². The van der Waals surface area contributed by atoms with Gasteiger partial charge in [-0.15, -0.1) is 0 Å². The van der Waals surface area contributed by atoms with Gasteiger partial charge in [-0.1, -0.05) is 19.9 Å². The van der Waals surface area contributed by atoms with Gasteiger partial charge < -0.3 is 10.4 Å². The number of aromatic nitrogens is 2. The van der Waals surface area contributed by atoms with E-state index < -0.39 is 11.6 Å².